The van der Waals surface area contributed by atoms with Crippen molar-refractivity contribution >= 4 is 5.91 Å². The van der Waals surface area contributed by atoms with Crippen molar-refractivity contribution in [2.45, 2.75) is 38.6 Å². The predicted octanol–water partition coefficient (Wildman–Crippen LogP) is 1.90. The van der Waals surface area contributed by atoms with Gasteiger partial charge in [-0.2, -0.15) is 0 Å². The highest BCUT2D eigenvalue weighted by Crippen LogP contribution is 2.33. The van der Waals surface area contributed by atoms with Crippen LogP contribution < -0.4 is 0 Å². The Balaban J connectivity index is 1.35. The topological polar surface area (TPSA) is 49.6 Å². The number of rotatable bonds is 6. The van der Waals surface area contributed by atoms with Crippen molar-refractivity contribution < 1.29 is 9.32 Å². The first-order valence-corrected chi connectivity index (χ1v) is 7.71. The molecular weight excluding hydrogens is 254 g/mol. The van der Waals surface area contributed by atoms with Crippen LogP contribution in [0.1, 0.15) is 37.9 Å². The molecule has 20 heavy (non-hydrogen) atoms. The Kier molecular flexibility index (Phi) is 4.35. The summed E-state index contributed by atoms with van der Waals surface area (Å²) in [6.07, 6.45) is 7.50. The van der Waals surface area contributed by atoms with E-state index in [-0.39, 0.29) is 0 Å². The number of piperazine rings is 1. The average molecular weight is 277 g/mol. The molecule has 0 radical (unpaired) electrons. The third kappa shape index (κ3) is 3.82. The van der Waals surface area contributed by atoms with Crippen LogP contribution in [0.2, 0.25) is 0 Å². The third-order valence-corrected chi connectivity index (χ3v) is 4.30. The van der Waals surface area contributed by atoms with Crippen LogP contribution in [0.4, 0.5) is 0 Å². The van der Waals surface area contributed by atoms with Gasteiger partial charge in [-0.1, -0.05) is 18.0 Å². The van der Waals surface area contributed by atoms with E-state index in [1.54, 1.807) is 6.20 Å². The van der Waals surface area contributed by atoms with Crippen molar-refractivity contribution in [3.63, 3.8) is 0 Å². The van der Waals surface area contributed by atoms with Crippen molar-refractivity contribution in [2.24, 2.45) is 5.92 Å². The van der Waals surface area contributed by atoms with Crippen LogP contribution in [-0.2, 0) is 11.3 Å². The van der Waals surface area contributed by atoms with Crippen LogP contribution in [0.25, 0.3) is 0 Å². The van der Waals surface area contributed by atoms with Crippen molar-refractivity contribution in [3.05, 3.63) is 18.0 Å². The van der Waals surface area contributed by atoms with Gasteiger partial charge in [0.05, 0.1) is 12.7 Å². The number of carbonyl (C=O) groups excluding carboxylic acids is 1. The maximum Gasteiger partial charge on any atom is 0.222 e. The summed E-state index contributed by atoms with van der Waals surface area (Å²) in [6, 6.07) is 1.90. The molecule has 5 nitrogen and oxygen atoms in total. The molecular formula is C15H23N3O2. The molecule has 1 aliphatic carbocycles. The molecule has 0 aromatic carbocycles. The lowest BCUT2D eigenvalue weighted by molar-refractivity contribution is -0.133. The lowest BCUT2D eigenvalue weighted by atomic mass is 10.1. The Morgan fingerprint density at radius 3 is 2.75 bits per heavy atom. The van der Waals surface area contributed by atoms with E-state index in [9.17, 15) is 4.79 Å². The van der Waals surface area contributed by atoms with Crippen LogP contribution in [0.15, 0.2) is 16.8 Å². The molecule has 0 unspecified atom stereocenters. The molecule has 1 amide bonds. The fourth-order valence-corrected chi connectivity index (χ4v) is 2.81. The summed E-state index contributed by atoms with van der Waals surface area (Å²) in [5.74, 6) is 2.17. The molecule has 1 aromatic rings. The standard InChI is InChI=1S/C15H23N3O2/c19-15(3-1-2-13-4-5-13)18-10-8-17(9-11-18)12-14-6-7-16-20-14/h6-7,13H,1-5,8-12H2. The van der Waals surface area contributed by atoms with Gasteiger partial charge in [0.25, 0.3) is 0 Å². The third-order valence-electron chi connectivity index (χ3n) is 4.30. The van der Waals surface area contributed by atoms with E-state index >= 15 is 0 Å². The van der Waals surface area contributed by atoms with E-state index in [0.717, 1.165) is 57.2 Å². The predicted molar refractivity (Wildman–Crippen MR) is 74.9 cm³/mol. The van der Waals surface area contributed by atoms with Gasteiger partial charge in [-0.15, -0.1) is 0 Å². The summed E-state index contributed by atoms with van der Waals surface area (Å²) in [4.78, 5) is 16.4. The highest BCUT2D eigenvalue weighted by molar-refractivity contribution is 5.76. The second-order valence-corrected chi connectivity index (χ2v) is 5.97. The molecule has 110 valence electrons. The van der Waals surface area contributed by atoms with Crippen molar-refractivity contribution in [1.29, 1.82) is 0 Å². The minimum atomic E-state index is 0.338. The summed E-state index contributed by atoms with van der Waals surface area (Å²) in [6.45, 7) is 4.33. The Labute approximate surface area is 119 Å². The first-order chi connectivity index (χ1) is 9.81. The first-order valence-electron chi connectivity index (χ1n) is 7.71. The molecule has 0 spiro atoms. The van der Waals surface area contributed by atoms with Gasteiger partial charge in [0.1, 0.15) is 0 Å². The molecule has 0 bridgehead atoms. The number of nitrogens with zero attached hydrogens (tertiary/aromatic N) is 3. The number of aromatic nitrogens is 1. The van der Waals surface area contributed by atoms with Gasteiger partial charge >= 0.3 is 0 Å². The monoisotopic (exact) mass is 277 g/mol. The second-order valence-electron chi connectivity index (χ2n) is 5.97. The first kappa shape index (κ1) is 13.6. The zero-order chi connectivity index (χ0) is 13.8. The summed E-state index contributed by atoms with van der Waals surface area (Å²) in [5, 5.41) is 3.72. The van der Waals surface area contributed by atoms with E-state index in [0.29, 0.717) is 5.91 Å². The molecule has 2 heterocycles. The number of hydrogen-bond acceptors (Lipinski definition) is 4. The molecule has 1 saturated carbocycles. The Morgan fingerprint density at radius 1 is 1.30 bits per heavy atom. The summed E-state index contributed by atoms with van der Waals surface area (Å²) < 4.78 is 5.12. The number of carbonyl (C=O) groups is 1. The second kappa shape index (κ2) is 6.39. The van der Waals surface area contributed by atoms with Crippen LogP contribution in [0.3, 0.4) is 0 Å². The highest BCUT2D eigenvalue weighted by Gasteiger charge is 2.23. The van der Waals surface area contributed by atoms with Gasteiger partial charge in [-0.3, -0.25) is 9.69 Å². The van der Waals surface area contributed by atoms with Crippen LogP contribution in [-0.4, -0.2) is 47.0 Å². The molecule has 2 aliphatic rings. The van der Waals surface area contributed by atoms with Crippen LogP contribution >= 0.6 is 0 Å². The number of hydrogen-bond donors (Lipinski definition) is 0. The maximum atomic E-state index is 12.1. The normalized spacial score (nSPS) is 20.3. The summed E-state index contributed by atoms with van der Waals surface area (Å²) in [5.41, 5.74) is 0. The van der Waals surface area contributed by atoms with Gasteiger partial charge in [0.15, 0.2) is 5.76 Å². The van der Waals surface area contributed by atoms with Gasteiger partial charge in [0.2, 0.25) is 5.91 Å². The minimum absolute atomic E-state index is 0.338. The summed E-state index contributed by atoms with van der Waals surface area (Å²) in [7, 11) is 0. The molecule has 0 atom stereocenters. The highest BCUT2D eigenvalue weighted by atomic mass is 16.5. The number of amides is 1. The lowest BCUT2D eigenvalue weighted by Gasteiger charge is -2.34. The van der Waals surface area contributed by atoms with Gasteiger partial charge in [-0.25, -0.2) is 0 Å². The maximum absolute atomic E-state index is 12.1. The Bertz CT molecular complexity index is 420. The van der Waals surface area contributed by atoms with E-state index in [4.69, 9.17) is 4.52 Å². The quantitative estimate of drug-likeness (QED) is 0.797. The van der Waals surface area contributed by atoms with Crippen molar-refractivity contribution in [1.82, 2.24) is 15.0 Å². The largest absolute Gasteiger partial charge is 0.360 e. The van der Waals surface area contributed by atoms with Gasteiger partial charge in [-0.05, 0) is 18.8 Å². The zero-order valence-electron chi connectivity index (χ0n) is 12.0. The minimum Gasteiger partial charge on any atom is -0.360 e. The molecule has 1 saturated heterocycles. The fourth-order valence-electron chi connectivity index (χ4n) is 2.81. The van der Waals surface area contributed by atoms with Crippen LogP contribution in [0.5, 0.6) is 0 Å². The molecule has 3 rings (SSSR count). The molecule has 2 fully saturated rings. The molecule has 0 N–H and O–H groups in total. The summed E-state index contributed by atoms with van der Waals surface area (Å²) >= 11 is 0. The van der Waals surface area contributed by atoms with Crippen LogP contribution in [0, 0.1) is 5.92 Å². The Hall–Kier alpha value is -1.36. The van der Waals surface area contributed by atoms with E-state index in [1.807, 2.05) is 11.0 Å². The molecule has 1 aliphatic heterocycles. The van der Waals surface area contributed by atoms with Gasteiger partial charge < -0.3 is 9.42 Å². The molecule has 5 heteroatoms. The van der Waals surface area contributed by atoms with Crippen molar-refractivity contribution in [3.8, 4) is 0 Å². The van der Waals surface area contributed by atoms with E-state index in [2.05, 4.69) is 10.1 Å². The SMILES string of the molecule is O=C(CCCC1CC1)N1CCN(Cc2ccno2)CC1. The van der Waals surface area contributed by atoms with E-state index < -0.39 is 0 Å². The lowest BCUT2D eigenvalue weighted by Crippen LogP contribution is -2.48. The van der Waals surface area contributed by atoms with Crippen molar-refractivity contribution in [2.75, 3.05) is 26.2 Å². The fraction of sp³-hybridized carbons (Fsp3) is 0.733. The smallest absolute Gasteiger partial charge is 0.222 e. The average Bonchev–Trinajstić information content (AvgIpc) is 3.15. The zero-order valence-corrected chi connectivity index (χ0v) is 12.0. The van der Waals surface area contributed by atoms with Gasteiger partial charge in [0, 0.05) is 38.7 Å². The molecule has 1 aromatic heterocycles. The Morgan fingerprint density at radius 2 is 2.10 bits per heavy atom. The van der Waals surface area contributed by atoms with E-state index in [1.165, 1.54) is 19.3 Å².